The molecule has 1 atom stereocenters. The lowest BCUT2D eigenvalue weighted by Crippen LogP contribution is -2.45. The number of furan rings is 1. The highest BCUT2D eigenvalue weighted by Crippen LogP contribution is 2.17. The van der Waals surface area contributed by atoms with E-state index < -0.39 is 0 Å². The second kappa shape index (κ2) is 6.81. The third-order valence-corrected chi connectivity index (χ3v) is 4.38. The highest BCUT2D eigenvalue weighted by Gasteiger charge is 2.23. The van der Waals surface area contributed by atoms with E-state index in [-0.39, 0.29) is 6.10 Å². The maximum Gasteiger partial charge on any atom is 0.219 e. The molecule has 0 amide bonds. The SMILES string of the molecule is Cc1cc(CN2CCOC(COn3nnc4cccnc43)C2)oc1C. The van der Waals surface area contributed by atoms with E-state index in [9.17, 15) is 0 Å². The van der Waals surface area contributed by atoms with Gasteiger partial charge in [0.05, 0.1) is 13.2 Å². The molecule has 1 unspecified atom stereocenters. The summed E-state index contributed by atoms with van der Waals surface area (Å²) in [4.78, 5) is 13.6. The Morgan fingerprint density at radius 1 is 1.36 bits per heavy atom. The standard InChI is InChI=1S/C17H21N5O3/c1-12-8-14(25-13(12)2)9-21-6-7-23-15(10-21)11-24-22-17-16(19-20-22)4-3-5-18-17/h3-5,8,15H,6-7,9-11H2,1-2H3. The minimum absolute atomic E-state index is 0.0335. The molecule has 1 fully saturated rings. The molecule has 1 aliphatic heterocycles. The van der Waals surface area contributed by atoms with Crippen LogP contribution in [0.4, 0.5) is 0 Å². The Kier molecular flexibility index (Phi) is 4.37. The third-order valence-electron chi connectivity index (χ3n) is 4.38. The number of aromatic nitrogens is 4. The average molecular weight is 343 g/mol. The fourth-order valence-electron chi connectivity index (χ4n) is 2.96. The number of morpholine rings is 1. The van der Waals surface area contributed by atoms with Gasteiger partial charge in [0.1, 0.15) is 29.7 Å². The number of nitrogens with zero attached hydrogens (tertiary/aromatic N) is 5. The predicted octanol–water partition coefficient (Wildman–Crippen LogP) is 1.37. The number of rotatable bonds is 5. The Morgan fingerprint density at radius 3 is 3.12 bits per heavy atom. The molecule has 0 aromatic carbocycles. The van der Waals surface area contributed by atoms with Gasteiger partial charge in [0.2, 0.25) is 5.65 Å². The van der Waals surface area contributed by atoms with E-state index in [2.05, 4.69) is 33.2 Å². The van der Waals surface area contributed by atoms with Gasteiger partial charge in [-0.05, 0) is 42.8 Å². The first kappa shape index (κ1) is 16.0. The molecule has 0 spiro atoms. The number of ether oxygens (including phenoxy) is 1. The van der Waals surface area contributed by atoms with Gasteiger partial charge in [-0.2, -0.15) is 0 Å². The Balaban J connectivity index is 1.35. The molecule has 1 saturated heterocycles. The van der Waals surface area contributed by atoms with Crippen LogP contribution >= 0.6 is 0 Å². The zero-order chi connectivity index (χ0) is 17.2. The first-order chi connectivity index (χ1) is 12.2. The summed E-state index contributed by atoms with van der Waals surface area (Å²) >= 11 is 0. The Bertz CT molecular complexity index is 839. The molecule has 0 aliphatic carbocycles. The molecular formula is C17H21N5O3. The topological polar surface area (TPSA) is 78.4 Å². The maximum atomic E-state index is 5.81. The quantitative estimate of drug-likeness (QED) is 0.692. The summed E-state index contributed by atoms with van der Waals surface area (Å²) in [5.74, 6) is 1.97. The number of hydrogen-bond donors (Lipinski definition) is 0. The van der Waals surface area contributed by atoms with Crippen LogP contribution in [0.5, 0.6) is 0 Å². The summed E-state index contributed by atoms with van der Waals surface area (Å²) in [6, 6.07) is 5.77. The predicted molar refractivity (Wildman–Crippen MR) is 90.0 cm³/mol. The van der Waals surface area contributed by atoms with Crippen LogP contribution in [0.15, 0.2) is 28.8 Å². The molecule has 3 aromatic heterocycles. The first-order valence-corrected chi connectivity index (χ1v) is 8.38. The van der Waals surface area contributed by atoms with Crippen LogP contribution in [-0.2, 0) is 11.3 Å². The van der Waals surface area contributed by atoms with Gasteiger partial charge in [-0.1, -0.05) is 4.85 Å². The van der Waals surface area contributed by atoms with Crippen molar-refractivity contribution < 1.29 is 14.0 Å². The highest BCUT2D eigenvalue weighted by atomic mass is 16.7. The van der Waals surface area contributed by atoms with Crippen LogP contribution in [0.2, 0.25) is 0 Å². The van der Waals surface area contributed by atoms with Crippen molar-refractivity contribution in [2.24, 2.45) is 0 Å². The van der Waals surface area contributed by atoms with Gasteiger partial charge in [0.15, 0.2) is 0 Å². The molecule has 3 aromatic rings. The molecule has 4 rings (SSSR count). The van der Waals surface area contributed by atoms with E-state index in [1.165, 1.54) is 10.4 Å². The van der Waals surface area contributed by atoms with Gasteiger partial charge in [-0.3, -0.25) is 4.90 Å². The Hall–Kier alpha value is -2.45. The second-order valence-corrected chi connectivity index (χ2v) is 6.28. The van der Waals surface area contributed by atoms with Crippen molar-refractivity contribution in [3.63, 3.8) is 0 Å². The van der Waals surface area contributed by atoms with Crippen molar-refractivity contribution in [1.29, 1.82) is 0 Å². The zero-order valence-corrected chi connectivity index (χ0v) is 14.4. The van der Waals surface area contributed by atoms with Crippen molar-refractivity contribution in [2.75, 3.05) is 26.3 Å². The lowest BCUT2D eigenvalue weighted by atomic mass is 10.2. The van der Waals surface area contributed by atoms with Crippen molar-refractivity contribution in [3.8, 4) is 0 Å². The first-order valence-electron chi connectivity index (χ1n) is 8.38. The summed E-state index contributed by atoms with van der Waals surface area (Å²) in [6.45, 7) is 7.55. The molecule has 0 N–H and O–H groups in total. The smallest absolute Gasteiger partial charge is 0.219 e. The lowest BCUT2D eigenvalue weighted by molar-refractivity contribution is -0.0780. The molecular weight excluding hydrogens is 322 g/mol. The molecule has 1 aliphatic rings. The largest absolute Gasteiger partial charge is 0.465 e. The zero-order valence-electron chi connectivity index (χ0n) is 14.4. The molecule has 0 saturated carbocycles. The van der Waals surface area contributed by atoms with E-state index >= 15 is 0 Å². The van der Waals surface area contributed by atoms with Gasteiger partial charge < -0.3 is 14.0 Å². The van der Waals surface area contributed by atoms with E-state index in [4.69, 9.17) is 14.0 Å². The summed E-state index contributed by atoms with van der Waals surface area (Å²) in [5, 5.41) is 8.00. The van der Waals surface area contributed by atoms with E-state index in [0.717, 1.165) is 31.2 Å². The van der Waals surface area contributed by atoms with Gasteiger partial charge in [-0.15, -0.1) is 5.10 Å². The van der Waals surface area contributed by atoms with E-state index in [1.54, 1.807) is 6.20 Å². The maximum absolute atomic E-state index is 5.81. The van der Waals surface area contributed by atoms with Crippen molar-refractivity contribution in [1.82, 2.24) is 25.0 Å². The number of hydrogen-bond acceptors (Lipinski definition) is 7. The molecule has 25 heavy (non-hydrogen) atoms. The van der Waals surface area contributed by atoms with Gasteiger partial charge in [0, 0.05) is 19.3 Å². The minimum atomic E-state index is -0.0335. The second-order valence-electron chi connectivity index (χ2n) is 6.28. The van der Waals surface area contributed by atoms with Crippen LogP contribution in [0.1, 0.15) is 17.1 Å². The van der Waals surface area contributed by atoms with Crippen LogP contribution in [0.25, 0.3) is 11.2 Å². The lowest BCUT2D eigenvalue weighted by Gasteiger charge is -2.31. The van der Waals surface area contributed by atoms with Crippen LogP contribution in [-0.4, -0.2) is 57.4 Å². The highest BCUT2D eigenvalue weighted by molar-refractivity contribution is 5.68. The molecule has 0 bridgehead atoms. The van der Waals surface area contributed by atoms with Crippen LogP contribution in [0.3, 0.4) is 0 Å². The molecule has 4 heterocycles. The van der Waals surface area contributed by atoms with Crippen molar-refractivity contribution in [3.05, 3.63) is 41.5 Å². The van der Waals surface area contributed by atoms with Crippen molar-refractivity contribution >= 4 is 11.2 Å². The summed E-state index contributed by atoms with van der Waals surface area (Å²) in [5.41, 5.74) is 2.50. The summed E-state index contributed by atoms with van der Waals surface area (Å²) in [6.07, 6.45) is 1.66. The minimum Gasteiger partial charge on any atom is -0.465 e. The number of aryl methyl sites for hydroxylation is 2. The van der Waals surface area contributed by atoms with Crippen LogP contribution in [0, 0.1) is 13.8 Å². The Labute approximate surface area is 145 Å². The molecule has 8 nitrogen and oxygen atoms in total. The van der Waals surface area contributed by atoms with E-state index in [1.807, 2.05) is 19.1 Å². The molecule has 0 radical (unpaired) electrons. The average Bonchev–Trinajstić information content (AvgIpc) is 3.16. The fourth-order valence-corrected chi connectivity index (χ4v) is 2.96. The van der Waals surface area contributed by atoms with Gasteiger partial charge in [-0.25, -0.2) is 4.98 Å². The van der Waals surface area contributed by atoms with Crippen molar-refractivity contribution in [2.45, 2.75) is 26.5 Å². The summed E-state index contributed by atoms with van der Waals surface area (Å²) in [7, 11) is 0. The van der Waals surface area contributed by atoms with Gasteiger partial charge >= 0.3 is 0 Å². The van der Waals surface area contributed by atoms with Crippen LogP contribution < -0.4 is 4.84 Å². The molecule has 132 valence electrons. The number of fused-ring (bicyclic) bond motifs is 1. The van der Waals surface area contributed by atoms with Gasteiger partial charge in [0.25, 0.3) is 0 Å². The monoisotopic (exact) mass is 343 g/mol. The summed E-state index contributed by atoms with van der Waals surface area (Å²) < 4.78 is 11.6. The normalized spacial score (nSPS) is 18.7. The van der Waals surface area contributed by atoms with E-state index in [0.29, 0.717) is 24.4 Å². The molecule has 8 heteroatoms. The Morgan fingerprint density at radius 2 is 2.28 bits per heavy atom. The number of pyridine rings is 1. The third kappa shape index (κ3) is 3.49. The fraction of sp³-hybridized carbons (Fsp3) is 0.471.